The second-order valence-corrected chi connectivity index (χ2v) is 8.96. The molecule has 180 valence electrons. The van der Waals surface area contributed by atoms with Crippen molar-refractivity contribution in [1.82, 2.24) is 4.90 Å². The summed E-state index contributed by atoms with van der Waals surface area (Å²) in [6, 6.07) is 3.02. The van der Waals surface area contributed by atoms with Gasteiger partial charge in [-0.2, -0.15) is 0 Å². The van der Waals surface area contributed by atoms with Crippen LogP contribution in [0.3, 0.4) is 0 Å². The first-order chi connectivity index (χ1) is 14.8. The van der Waals surface area contributed by atoms with Crippen LogP contribution in [-0.2, 0) is 20.0 Å². The quantitative estimate of drug-likeness (QED) is 0.183. The topological polar surface area (TPSA) is 182 Å². The minimum Gasteiger partial charge on any atom is -1.00 e. The Balaban J connectivity index is 0.00000204. The normalized spacial score (nSPS) is 32.4. The van der Waals surface area contributed by atoms with Crippen molar-refractivity contribution in [3.8, 4) is 5.75 Å². The van der Waals surface area contributed by atoms with Crippen LogP contribution < -0.4 is 35.3 Å². The Morgan fingerprint density at radius 1 is 1.18 bits per heavy atom. The monoisotopic (exact) mass is 504 g/mol. The molecule has 0 saturated heterocycles. The van der Waals surface area contributed by atoms with E-state index >= 15 is 0 Å². The summed E-state index contributed by atoms with van der Waals surface area (Å²) in [5, 5.41) is 54.9. The number of nitrogens with zero attached hydrogens (tertiary/aromatic N) is 1. The number of hydrogen-bond donors (Lipinski definition) is 6. The van der Waals surface area contributed by atoms with Crippen LogP contribution in [0.1, 0.15) is 25.9 Å². The number of Topliss-reactive ketones (excluding diaryl/α,β-unsaturated/α-hetero) is 2. The van der Waals surface area contributed by atoms with Crippen LogP contribution in [0.5, 0.6) is 5.75 Å². The van der Waals surface area contributed by atoms with Crippen LogP contribution in [-0.4, -0.2) is 73.6 Å². The Bertz CT molecular complexity index is 1170. The maximum Gasteiger partial charge on any atom is 1.00 e. The number of ketones is 2. The predicted molar refractivity (Wildman–Crippen MR) is 118 cm³/mol. The van der Waals surface area contributed by atoms with Crippen molar-refractivity contribution in [2.24, 2.45) is 17.6 Å². The molecule has 10 nitrogen and oxygen atoms in total. The molecule has 0 unspecified atom stereocenters. The molecule has 1 saturated carbocycles. The van der Waals surface area contributed by atoms with Gasteiger partial charge in [-0.25, -0.2) is 0 Å². The van der Waals surface area contributed by atoms with Gasteiger partial charge >= 0.3 is 29.6 Å². The molecule has 12 heteroatoms. The van der Waals surface area contributed by atoms with E-state index in [0.717, 1.165) is 0 Å². The van der Waals surface area contributed by atoms with Gasteiger partial charge in [-0.05, 0) is 39.1 Å². The number of rotatable bonds is 2. The molecule has 4 rings (SSSR count). The van der Waals surface area contributed by atoms with Gasteiger partial charge in [0.15, 0.2) is 11.4 Å². The van der Waals surface area contributed by atoms with Gasteiger partial charge in [-0.1, -0.05) is 12.1 Å². The smallest absolute Gasteiger partial charge is 1.00 e. The summed E-state index contributed by atoms with van der Waals surface area (Å²) in [6.45, 7) is 1.40. The van der Waals surface area contributed by atoms with Gasteiger partial charge in [-0.3, -0.25) is 19.3 Å². The van der Waals surface area contributed by atoms with Crippen LogP contribution in [0.15, 0.2) is 35.1 Å². The van der Waals surface area contributed by atoms with E-state index in [4.69, 9.17) is 5.73 Å². The Hall–Kier alpha value is -1.92. The summed E-state index contributed by atoms with van der Waals surface area (Å²) in [5.74, 6) is -7.90. The molecule has 0 spiro atoms. The number of carbonyl (C=O) groups excluding carboxylic acids is 3. The van der Waals surface area contributed by atoms with Gasteiger partial charge in [0, 0.05) is 17.4 Å². The number of phenolic OH excluding ortho intramolecular Hbond substituents is 1. The first-order valence-electron chi connectivity index (χ1n) is 9.97. The molecule has 3 aliphatic carbocycles. The number of halogens is 1. The van der Waals surface area contributed by atoms with Gasteiger partial charge in [0.05, 0.1) is 17.2 Å². The van der Waals surface area contributed by atoms with Crippen LogP contribution in [0, 0.1) is 11.8 Å². The average molecular weight is 505 g/mol. The number of likely N-dealkylation sites (N-methyl/N-ethyl adjacent to an activating group) is 1. The zero-order valence-corrected chi connectivity index (χ0v) is 21.9. The van der Waals surface area contributed by atoms with Gasteiger partial charge in [-0.15, -0.1) is 12.4 Å². The van der Waals surface area contributed by atoms with Gasteiger partial charge in [0.2, 0.25) is 5.78 Å². The molecular formula is C22H26ClN2NaO8. The summed E-state index contributed by atoms with van der Waals surface area (Å²) < 4.78 is 0. The Labute approximate surface area is 224 Å². The molecule has 0 heterocycles. The molecule has 7 N–H and O–H groups in total. The first-order valence-corrected chi connectivity index (χ1v) is 9.97. The number of benzene rings is 1. The molecule has 0 aromatic heterocycles. The molecular weight excluding hydrogens is 479 g/mol. The number of nitrogens with two attached hydrogens (primary N) is 1. The van der Waals surface area contributed by atoms with E-state index in [0.29, 0.717) is 0 Å². The number of aromatic hydroxyl groups is 1. The summed E-state index contributed by atoms with van der Waals surface area (Å²) in [4.78, 5) is 40.0. The zero-order valence-electron chi connectivity index (χ0n) is 20.1. The molecule has 5 atom stereocenters. The largest absolute Gasteiger partial charge is 1.00 e. The number of aliphatic hydroxyl groups is 4. The third-order valence-corrected chi connectivity index (χ3v) is 7.02. The van der Waals surface area contributed by atoms with Crippen molar-refractivity contribution in [3.05, 3.63) is 46.2 Å². The number of aliphatic hydroxyl groups excluding tert-OH is 2. The second kappa shape index (κ2) is 8.94. The van der Waals surface area contributed by atoms with Crippen molar-refractivity contribution in [2.45, 2.75) is 30.6 Å². The van der Waals surface area contributed by atoms with E-state index in [1.54, 1.807) is 0 Å². The maximum atomic E-state index is 13.7. The summed E-state index contributed by atoms with van der Waals surface area (Å²) in [6.07, 6.45) is -0.200. The van der Waals surface area contributed by atoms with E-state index in [2.05, 4.69) is 0 Å². The Morgan fingerprint density at radius 2 is 1.76 bits per heavy atom. The van der Waals surface area contributed by atoms with E-state index in [1.165, 1.54) is 44.1 Å². The number of carbonyl (C=O) groups is 3. The minimum absolute atomic E-state index is 0. The van der Waals surface area contributed by atoms with Crippen molar-refractivity contribution in [2.75, 3.05) is 14.1 Å². The summed E-state index contributed by atoms with van der Waals surface area (Å²) in [7, 11) is 3.01. The summed E-state index contributed by atoms with van der Waals surface area (Å²) in [5.41, 5.74) is -0.548. The maximum absolute atomic E-state index is 13.7. The molecule has 0 aliphatic heterocycles. The van der Waals surface area contributed by atoms with Gasteiger partial charge < -0.3 is 32.7 Å². The van der Waals surface area contributed by atoms with Crippen molar-refractivity contribution >= 4 is 35.6 Å². The fourth-order valence-electron chi connectivity index (χ4n) is 5.50. The van der Waals surface area contributed by atoms with E-state index in [-0.39, 0.29) is 60.9 Å². The van der Waals surface area contributed by atoms with E-state index in [1.807, 2.05) is 0 Å². The molecule has 3 aliphatic rings. The fourth-order valence-corrected chi connectivity index (χ4v) is 5.50. The molecule has 1 aromatic carbocycles. The number of hydrogen-bond acceptors (Lipinski definition) is 9. The van der Waals surface area contributed by atoms with E-state index in [9.17, 15) is 39.9 Å². The zero-order chi connectivity index (χ0) is 23.9. The molecule has 1 aromatic rings. The number of amides is 1. The van der Waals surface area contributed by atoms with Gasteiger partial charge in [0.1, 0.15) is 22.8 Å². The number of phenols is 1. The van der Waals surface area contributed by atoms with Crippen molar-refractivity contribution in [1.29, 1.82) is 0 Å². The molecule has 1 amide bonds. The minimum atomic E-state index is -2.75. The summed E-state index contributed by atoms with van der Waals surface area (Å²) >= 11 is 0. The predicted octanol–water partition coefficient (Wildman–Crippen LogP) is -2.83. The standard InChI is InChI=1S/C22H24N2O8.ClH.Na.H/c1-21(31)8-5-4-6-11(25)12(8)16(26)13-9(21)7-10-15(24(2)3)17(27)14(20(23)30)19(29)22(10,32)18(13)28;;;/h4-6,9-10,15,25-26,29,31-32H,7H2,1-3H3,(H2,23,30);1H;;/q;;+1;-1/t9-,10-,15-,21+,22-;;;/m0.../s1. The van der Waals surface area contributed by atoms with Crippen LogP contribution in [0.25, 0.3) is 5.76 Å². The second-order valence-electron chi connectivity index (χ2n) is 8.96. The van der Waals surface area contributed by atoms with E-state index < -0.39 is 75.0 Å². The molecule has 34 heavy (non-hydrogen) atoms. The van der Waals surface area contributed by atoms with Gasteiger partial charge in [0.25, 0.3) is 5.91 Å². The number of fused-ring (bicyclic) bond motifs is 3. The molecule has 0 radical (unpaired) electrons. The van der Waals surface area contributed by atoms with Crippen molar-refractivity contribution < 1.29 is 70.9 Å². The van der Waals surface area contributed by atoms with Crippen molar-refractivity contribution in [3.63, 3.8) is 0 Å². The third-order valence-electron chi connectivity index (χ3n) is 7.02. The van der Waals surface area contributed by atoms with Crippen LogP contribution in [0.4, 0.5) is 0 Å². The Kier molecular flexibility index (Phi) is 7.45. The Morgan fingerprint density at radius 3 is 2.29 bits per heavy atom. The molecule has 0 bridgehead atoms. The SMILES string of the molecule is CN(C)[C@@H]1C(=O)C(C(N)=O)=C(O)[C@@]2(O)C(=O)C3=C(O)c4c(O)cccc4[C@@](C)(O)[C@H]3C[C@@H]12.Cl.[H-].[Na+]. The fraction of sp³-hybridized carbons (Fsp3) is 0.409. The third kappa shape index (κ3) is 3.43. The van der Waals surface area contributed by atoms with Crippen LogP contribution >= 0.6 is 12.4 Å². The molecule has 1 fully saturated rings. The average Bonchev–Trinajstić information content (AvgIpc) is 2.68. The first kappa shape index (κ1) is 28.3. The van der Waals surface area contributed by atoms with Crippen LogP contribution in [0.2, 0.25) is 0 Å². The number of primary amides is 1.